The second-order valence-electron chi connectivity index (χ2n) is 4.21. The van der Waals surface area contributed by atoms with E-state index in [1.165, 1.54) is 0 Å². The van der Waals surface area contributed by atoms with Gasteiger partial charge in [0.05, 0.1) is 0 Å². The van der Waals surface area contributed by atoms with Gasteiger partial charge in [-0.2, -0.15) is 0 Å². The molecule has 1 rings (SSSR count). The van der Waals surface area contributed by atoms with Gasteiger partial charge < -0.3 is 15.3 Å². The minimum Gasteiger partial charge on any atom is -0.478 e. The highest BCUT2D eigenvalue weighted by Gasteiger charge is 2.02. The fourth-order valence-electron chi connectivity index (χ4n) is 1.57. The Morgan fingerprint density at radius 2 is 2.17 bits per heavy atom. The first kappa shape index (κ1) is 14.1. The van der Waals surface area contributed by atoms with Crippen molar-refractivity contribution in [1.29, 1.82) is 0 Å². The Balaban J connectivity index is 2.63. The summed E-state index contributed by atoms with van der Waals surface area (Å²) in [6.45, 7) is 2.36. The van der Waals surface area contributed by atoms with Crippen LogP contribution >= 0.6 is 0 Å². The van der Waals surface area contributed by atoms with E-state index in [4.69, 9.17) is 5.11 Å². The lowest BCUT2D eigenvalue weighted by Crippen LogP contribution is -2.09. The van der Waals surface area contributed by atoms with Crippen LogP contribution in [0.1, 0.15) is 13.3 Å². The molecular weight excluding hydrogens is 228 g/mol. The van der Waals surface area contributed by atoms with Crippen molar-refractivity contribution in [2.75, 3.05) is 30.9 Å². The van der Waals surface area contributed by atoms with Crippen molar-refractivity contribution >= 4 is 17.3 Å². The van der Waals surface area contributed by atoms with Crippen molar-refractivity contribution in [2.24, 2.45) is 0 Å². The number of hydrogen-bond acceptors (Lipinski definition) is 3. The zero-order valence-corrected chi connectivity index (χ0v) is 11.1. The van der Waals surface area contributed by atoms with Crippen LogP contribution in [-0.4, -0.2) is 31.7 Å². The number of rotatable bonds is 6. The van der Waals surface area contributed by atoms with Crippen molar-refractivity contribution < 1.29 is 9.90 Å². The highest BCUT2D eigenvalue weighted by molar-refractivity contribution is 5.86. The highest BCUT2D eigenvalue weighted by atomic mass is 16.4. The van der Waals surface area contributed by atoms with Gasteiger partial charge in [0.2, 0.25) is 0 Å². The molecule has 4 heteroatoms. The Hall–Kier alpha value is -1.97. The van der Waals surface area contributed by atoms with E-state index >= 15 is 0 Å². The van der Waals surface area contributed by atoms with Gasteiger partial charge in [-0.05, 0) is 24.6 Å². The summed E-state index contributed by atoms with van der Waals surface area (Å²) < 4.78 is 0. The van der Waals surface area contributed by atoms with Crippen molar-refractivity contribution in [1.82, 2.24) is 0 Å². The summed E-state index contributed by atoms with van der Waals surface area (Å²) in [5.41, 5.74) is 2.53. The monoisotopic (exact) mass is 248 g/mol. The zero-order chi connectivity index (χ0) is 13.5. The van der Waals surface area contributed by atoms with Crippen LogP contribution in [0.25, 0.3) is 0 Å². The van der Waals surface area contributed by atoms with Gasteiger partial charge >= 0.3 is 5.97 Å². The zero-order valence-electron chi connectivity index (χ0n) is 11.1. The van der Waals surface area contributed by atoms with Crippen LogP contribution in [0.3, 0.4) is 0 Å². The van der Waals surface area contributed by atoms with Crippen molar-refractivity contribution in [2.45, 2.75) is 13.3 Å². The summed E-state index contributed by atoms with van der Waals surface area (Å²) in [5, 5.41) is 12.1. The summed E-state index contributed by atoms with van der Waals surface area (Å²) in [4.78, 5) is 12.8. The first-order valence-electron chi connectivity index (χ1n) is 5.98. The summed E-state index contributed by atoms with van der Waals surface area (Å²) in [6, 6.07) is 7.99. The SMILES string of the molecule is CC/C(=C/CNc1cccc(N(C)C)c1)C(=O)O. The van der Waals surface area contributed by atoms with Gasteiger partial charge in [-0.25, -0.2) is 4.79 Å². The molecule has 18 heavy (non-hydrogen) atoms. The van der Waals surface area contributed by atoms with Crippen LogP contribution in [0.15, 0.2) is 35.9 Å². The standard InChI is InChI=1S/C14H20N2O2/c1-4-11(14(17)18)8-9-15-12-6-5-7-13(10-12)16(2)3/h5-8,10,15H,4,9H2,1-3H3,(H,17,18)/b11-8-. The van der Waals surface area contributed by atoms with E-state index in [1.54, 1.807) is 6.08 Å². The van der Waals surface area contributed by atoms with E-state index in [-0.39, 0.29) is 0 Å². The van der Waals surface area contributed by atoms with Crippen molar-refractivity contribution in [3.63, 3.8) is 0 Å². The number of hydrogen-bond donors (Lipinski definition) is 2. The molecule has 0 spiro atoms. The lowest BCUT2D eigenvalue weighted by molar-refractivity contribution is -0.132. The van der Waals surface area contributed by atoms with Crippen molar-refractivity contribution in [3.05, 3.63) is 35.9 Å². The molecule has 0 heterocycles. The molecule has 4 nitrogen and oxygen atoms in total. The molecule has 1 aromatic carbocycles. The second-order valence-corrected chi connectivity index (χ2v) is 4.21. The Kier molecular flexibility index (Phi) is 5.24. The van der Waals surface area contributed by atoms with Crippen LogP contribution in [0.4, 0.5) is 11.4 Å². The molecule has 0 saturated heterocycles. The Morgan fingerprint density at radius 3 is 2.72 bits per heavy atom. The molecule has 0 bridgehead atoms. The molecule has 0 radical (unpaired) electrons. The third kappa shape index (κ3) is 4.13. The lowest BCUT2D eigenvalue weighted by Gasteiger charge is -2.14. The van der Waals surface area contributed by atoms with Crippen LogP contribution in [0.5, 0.6) is 0 Å². The predicted octanol–water partition coefficient (Wildman–Crippen LogP) is 2.59. The molecule has 0 fully saturated rings. The van der Waals surface area contributed by atoms with Gasteiger partial charge in [0.15, 0.2) is 0 Å². The molecule has 0 saturated carbocycles. The fraction of sp³-hybridized carbons (Fsp3) is 0.357. The fourth-order valence-corrected chi connectivity index (χ4v) is 1.57. The molecule has 98 valence electrons. The Morgan fingerprint density at radius 1 is 1.44 bits per heavy atom. The topological polar surface area (TPSA) is 52.6 Å². The molecule has 0 aliphatic carbocycles. The number of anilines is 2. The summed E-state index contributed by atoms with van der Waals surface area (Å²) in [5.74, 6) is -0.846. The van der Waals surface area contributed by atoms with Gasteiger partial charge in [-0.1, -0.05) is 19.1 Å². The number of benzene rings is 1. The number of aliphatic carboxylic acids is 1. The van der Waals surface area contributed by atoms with Gasteiger partial charge in [0.25, 0.3) is 0 Å². The molecular formula is C14H20N2O2. The molecule has 2 N–H and O–H groups in total. The summed E-state index contributed by atoms with van der Waals surface area (Å²) >= 11 is 0. The summed E-state index contributed by atoms with van der Waals surface area (Å²) in [6.07, 6.45) is 2.25. The van der Waals surface area contributed by atoms with Gasteiger partial charge in [-0.3, -0.25) is 0 Å². The highest BCUT2D eigenvalue weighted by Crippen LogP contribution is 2.17. The molecule has 0 aliphatic heterocycles. The number of nitrogens with zero attached hydrogens (tertiary/aromatic N) is 1. The first-order chi connectivity index (χ1) is 8.54. The molecule has 0 aliphatic rings. The van der Waals surface area contributed by atoms with Crippen LogP contribution in [0.2, 0.25) is 0 Å². The van der Waals surface area contributed by atoms with Gasteiger partial charge in [-0.15, -0.1) is 0 Å². The average molecular weight is 248 g/mol. The van der Waals surface area contributed by atoms with Gasteiger partial charge in [0, 0.05) is 37.6 Å². The molecule has 0 amide bonds. The average Bonchev–Trinajstić information content (AvgIpc) is 2.34. The van der Waals surface area contributed by atoms with E-state index < -0.39 is 5.97 Å². The molecule has 1 aromatic rings. The van der Waals surface area contributed by atoms with E-state index in [0.717, 1.165) is 11.4 Å². The van der Waals surface area contributed by atoms with E-state index in [0.29, 0.717) is 18.5 Å². The predicted molar refractivity (Wildman–Crippen MR) is 75.3 cm³/mol. The third-order valence-electron chi connectivity index (χ3n) is 2.67. The van der Waals surface area contributed by atoms with E-state index in [1.807, 2.05) is 50.2 Å². The first-order valence-corrected chi connectivity index (χ1v) is 5.98. The van der Waals surface area contributed by atoms with Crippen molar-refractivity contribution in [3.8, 4) is 0 Å². The second kappa shape index (κ2) is 6.69. The lowest BCUT2D eigenvalue weighted by atomic mass is 10.2. The minimum atomic E-state index is -0.846. The maximum Gasteiger partial charge on any atom is 0.331 e. The minimum absolute atomic E-state index is 0.436. The van der Waals surface area contributed by atoms with Gasteiger partial charge in [0.1, 0.15) is 0 Å². The molecule has 0 aromatic heterocycles. The maximum absolute atomic E-state index is 10.8. The summed E-state index contributed by atoms with van der Waals surface area (Å²) in [7, 11) is 3.97. The van der Waals surface area contributed by atoms with Crippen LogP contribution in [-0.2, 0) is 4.79 Å². The van der Waals surface area contributed by atoms with Crippen LogP contribution in [0, 0.1) is 0 Å². The van der Waals surface area contributed by atoms with E-state index in [2.05, 4.69) is 5.32 Å². The third-order valence-corrected chi connectivity index (χ3v) is 2.67. The largest absolute Gasteiger partial charge is 0.478 e. The van der Waals surface area contributed by atoms with Crippen LogP contribution < -0.4 is 10.2 Å². The number of carbonyl (C=O) groups is 1. The Labute approximate surface area is 108 Å². The number of carboxylic acids is 1. The molecule has 0 unspecified atom stereocenters. The smallest absolute Gasteiger partial charge is 0.331 e. The van der Waals surface area contributed by atoms with E-state index in [9.17, 15) is 4.79 Å². The number of nitrogens with one attached hydrogen (secondary N) is 1. The maximum atomic E-state index is 10.8. The normalized spacial score (nSPS) is 11.2. The quantitative estimate of drug-likeness (QED) is 0.760. The number of carboxylic acid groups (broad SMARTS) is 1. The Bertz CT molecular complexity index is 439. The molecule has 0 atom stereocenters.